The van der Waals surface area contributed by atoms with E-state index in [-0.39, 0.29) is 5.75 Å². The van der Waals surface area contributed by atoms with E-state index in [9.17, 15) is 5.11 Å². The first kappa shape index (κ1) is 27.7. The van der Waals surface area contributed by atoms with Gasteiger partial charge in [-0.2, -0.15) is 0 Å². The molecule has 5 aromatic rings. The minimum Gasteiger partial charge on any atom is -0.508 e. The molecule has 6 rings (SSSR count). The molecular weight excluding hydrogens is 591 g/mol. The maximum atomic E-state index is 9.89. The van der Waals surface area contributed by atoms with Crippen molar-refractivity contribution in [3.8, 4) is 34.5 Å². The van der Waals surface area contributed by atoms with Gasteiger partial charge in [0.05, 0.1) is 0 Å². The molecule has 212 valence electrons. The zero-order chi connectivity index (χ0) is 28.7. The second-order valence-electron chi connectivity index (χ2n) is 8.77. The number of para-hydroxylation sites is 4. The second-order valence-corrected chi connectivity index (χ2v) is 14.5. The molecule has 1 N–H and O–H groups in total. The van der Waals surface area contributed by atoms with Gasteiger partial charge in [0.15, 0.2) is 0 Å². The molecule has 5 aromatic carbocycles. The van der Waals surface area contributed by atoms with Gasteiger partial charge in [0.1, 0.15) is 34.5 Å². The molecule has 0 saturated carbocycles. The van der Waals surface area contributed by atoms with Gasteiger partial charge >= 0.3 is 15.3 Å². The summed E-state index contributed by atoms with van der Waals surface area (Å²) in [6.45, 7) is 0. The number of phenols is 1. The fourth-order valence-corrected chi connectivity index (χ4v) is 11.7. The number of aromatic hydroxyl groups is 1. The predicted molar refractivity (Wildman–Crippen MR) is 166 cm³/mol. The van der Waals surface area contributed by atoms with Gasteiger partial charge in [0.25, 0.3) is 8.09 Å². The van der Waals surface area contributed by atoms with Crippen LogP contribution in [-0.4, -0.2) is 5.11 Å². The molecule has 9 nitrogen and oxygen atoms in total. The van der Waals surface area contributed by atoms with Crippen molar-refractivity contribution in [2.45, 2.75) is 0 Å². The fraction of sp³-hybridized carbons (Fsp3) is 0. The van der Waals surface area contributed by atoms with E-state index in [2.05, 4.69) is 0 Å². The molecule has 0 aromatic heterocycles. The van der Waals surface area contributed by atoms with E-state index < -0.39 is 23.4 Å². The van der Waals surface area contributed by atoms with Gasteiger partial charge in [-0.1, -0.05) is 77.3 Å². The molecule has 0 aliphatic carbocycles. The highest BCUT2D eigenvalue weighted by Gasteiger charge is 2.41. The van der Waals surface area contributed by atoms with E-state index in [1.54, 1.807) is 48.5 Å². The van der Waals surface area contributed by atoms with Crippen LogP contribution >= 0.6 is 23.4 Å². The molecule has 0 fully saturated rings. The average Bonchev–Trinajstić information content (AvgIpc) is 3.00. The highest BCUT2D eigenvalue weighted by Crippen LogP contribution is 2.73. The summed E-state index contributed by atoms with van der Waals surface area (Å²) in [7, 11) is -9.74. The Morgan fingerprint density at radius 3 is 1.29 bits per heavy atom. The molecule has 2 atom stereocenters. The summed E-state index contributed by atoms with van der Waals surface area (Å²) < 4.78 is 47.3. The molecule has 42 heavy (non-hydrogen) atoms. The highest BCUT2D eigenvalue weighted by atomic mass is 31.3. The molecule has 0 amide bonds. The third-order valence-electron chi connectivity index (χ3n) is 5.57. The molecule has 2 unspecified atom stereocenters. The summed E-state index contributed by atoms with van der Waals surface area (Å²) in [6.07, 6.45) is 0. The van der Waals surface area contributed by atoms with Crippen molar-refractivity contribution in [1.82, 2.24) is 0 Å². The van der Waals surface area contributed by atoms with E-state index in [0.717, 1.165) is 0 Å². The maximum absolute atomic E-state index is 9.89. The van der Waals surface area contributed by atoms with Crippen molar-refractivity contribution in [3.63, 3.8) is 0 Å². The Labute approximate surface area is 244 Å². The maximum Gasteiger partial charge on any atom is 0.457 e. The molecule has 12 heteroatoms. The normalized spacial score (nSPS) is 18.7. The first-order valence-electron chi connectivity index (χ1n) is 12.9. The van der Waals surface area contributed by atoms with Crippen LogP contribution < -0.4 is 22.6 Å². The summed E-state index contributed by atoms with van der Waals surface area (Å²) in [5, 5.41) is 9.89. The number of phenolic OH excluding ortho intramolecular Hbond substituents is 1. The van der Waals surface area contributed by atoms with Crippen molar-refractivity contribution in [2.75, 3.05) is 0 Å². The Kier molecular flexibility index (Phi) is 8.34. The van der Waals surface area contributed by atoms with Crippen LogP contribution in [0.15, 0.2) is 159 Å². The first-order valence-corrected chi connectivity index (χ1v) is 17.3. The van der Waals surface area contributed by atoms with Crippen LogP contribution in [0.3, 0.4) is 0 Å². The lowest BCUT2D eigenvalue weighted by Gasteiger charge is -2.29. The fourth-order valence-electron chi connectivity index (χ4n) is 3.75. The van der Waals surface area contributed by atoms with Gasteiger partial charge in [0, 0.05) is 0 Å². The minimum atomic E-state index is -3.64. The summed E-state index contributed by atoms with van der Waals surface area (Å²) in [5.41, 5.74) is 0. The Balaban J connectivity index is 1.57. The van der Waals surface area contributed by atoms with Gasteiger partial charge < -0.3 is 27.7 Å². The van der Waals surface area contributed by atoms with Crippen molar-refractivity contribution in [3.05, 3.63) is 146 Å². The summed E-state index contributed by atoms with van der Waals surface area (Å²) in [5.74, 6) is 2.52. The van der Waals surface area contributed by atoms with Crippen molar-refractivity contribution in [2.24, 2.45) is 13.5 Å². The topological polar surface area (TPSA) is 103 Å². The third-order valence-corrected chi connectivity index (χ3v) is 13.0. The van der Waals surface area contributed by atoms with Crippen LogP contribution in [0.2, 0.25) is 0 Å². The van der Waals surface area contributed by atoms with E-state index in [4.69, 9.17) is 36.2 Å². The summed E-state index contributed by atoms with van der Waals surface area (Å²) in [6, 6.07) is 43.1. The predicted octanol–water partition coefficient (Wildman–Crippen LogP) is 10.2. The molecular formula is C30H26N3O6P3. The van der Waals surface area contributed by atoms with Crippen LogP contribution in [0.5, 0.6) is 34.5 Å². The van der Waals surface area contributed by atoms with Crippen LogP contribution in [0.4, 0.5) is 0 Å². The van der Waals surface area contributed by atoms with Gasteiger partial charge in [-0.3, -0.25) is 0 Å². The SMILES string of the molecule is Oc1ccc(OP2(Oc3ccccc3)=N[PH](Oc3ccccc3)=NP(Oc3ccccc3)(Oc3ccccc3)=N2)cc1. The molecule has 0 bridgehead atoms. The number of hydrogen-bond acceptors (Lipinski definition) is 9. The smallest absolute Gasteiger partial charge is 0.457 e. The van der Waals surface area contributed by atoms with E-state index >= 15 is 0 Å². The number of benzene rings is 5. The Morgan fingerprint density at radius 1 is 0.452 bits per heavy atom. The number of rotatable bonds is 10. The zero-order valence-corrected chi connectivity index (χ0v) is 24.9. The lowest BCUT2D eigenvalue weighted by atomic mass is 10.3. The summed E-state index contributed by atoms with van der Waals surface area (Å²) in [4.78, 5) is 0. The molecule has 0 radical (unpaired) electrons. The van der Waals surface area contributed by atoms with E-state index in [0.29, 0.717) is 28.7 Å². The third kappa shape index (κ3) is 7.07. The van der Waals surface area contributed by atoms with Gasteiger partial charge in [-0.25, -0.2) is 0 Å². The zero-order valence-electron chi connectivity index (χ0n) is 22.1. The largest absolute Gasteiger partial charge is 0.508 e. The molecule has 1 heterocycles. The van der Waals surface area contributed by atoms with Crippen LogP contribution in [0.1, 0.15) is 0 Å². The van der Waals surface area contributed by atoms with E-state index in [1.165, 1.54) is 12.1 Å². The number of hydrogen-bond donors (Lipinski definition) is 1. The monoisotopic (exact) mass is 617 g/mol. The van der Waals surface area contributed by atoms with Crippen molar-refractivity contribution >= 4 is 23.4 Å². The second kappa shape index (κ2) is 12.6. The quantitative estimate of drug-likeness (QED) is 0.156. The lowest BCUT2D eigenvalue weighted by Crippen LogP contribution is -2.06. The summed E-state index contributed by atoms with van der Waals surface area (Å²) >= 11 is 0. The van der Waals surface area contributed by atoms with Gasteiger partial charge in [-0.05, 0) is 72.8 Å². The van der Waals surface area contributed by atoms with Crippen molar-refractivity contribution < 1.29 is 27.7 Å². The molecule has 0 saturated heterocycles. The van der Waals surface area contributed by atoms with Crippen LogP contribution in [-0.2, 0) is 0 Å². The Hall–Kier alpha value is -4.41. The minimum absolute atomic E-state index is 0.0880. The van der Waals surface area contributed by atoms with Crippen LogP contribution in [0.25, 0.3) is 0 Å². The van der Waals surface area contributed by atoms with Crippen LogP contribution in [0, 0.1) is 0 Å². The number of nitrogens with zero attached hydrogens (tertiary/aromatic N) is 3. The van der Waals surface area contributed by atoms with Gasteiger partial charge in [-0.15, -0.1) is 9.03 Å². The lowest BCUT2D eigenvalue weighted by molar-refractivity contribution is 0.455. The van der Waals surface area contributed by atoms with E-state index in [1.807, 2.05) is 84.9 Å². The average molecular weight is 617 g/mol. The molecule has 0 spiro atoms. The first-order chi connectivity index (χ1) is 20.6. The Morgan fingerprint density at radius 2 is 0.833 bits per heavy atom. The molecule has 1 aliphatic heterocycles. The molecule has 1 aliphatic rings. The van der Waals surface area contributed by atoms with Crippen molar-refractivity contribution in [1.29, 1.82) is 0 Å². The highest BCUT2D eigenvalue weighted by molar-refractivity contribution is 7.75. The Bertz CT molecular complexity index is 1730. The standard InChI is InChI=1S/C30H26N3O6P3/c34-25-21-23-30(24-22-25)39-42(38-29-19-11-4-12-20-29)32-40(35-26-13-5-1-6-14-26)31-41(33-42,36-27-15-7-2-8-16-27)37-28-17-9-3-10-18-28/h1-24,34,40H. The van der Waals surface area contributed by atoms with Gasteiger partial charge in [0.2, 0.25) is 0 Å².